The first-order chi connectivity index (χ1) is 15.7. The maximum absolute atomic E-state index is 15.2. The number of rotatable bonds is 6. The maximum Gasteiger partial charge on any atom is 0.573 e. The van der Waals surface area contributed by atoms with Crippen molar-refractivity contribution < 1.29 is 26.7 Å². The van der Waals surface area contributed by atoms with E-state index in [2.05, 4.69) is 11.7 Å². The monoisotopic (exact) mass is 462 g/mol. The number of benzene rings is 3. The van der Waals surface area contributed by atoms with E-state index in [9.17, 15) is 17.6 Å². The second kappa shape index (κ2) is 9.70. The first kappa shape index (κ1) is 23.5. The largest absolute Gasteiger partial charge is 0.573 e. The van der Waals surface area contributed by atoms with Gasteiger partial charge in [0, 0.05) is 10.9 Å². The normalized spacial score (nSPS) is 19.1. The standard InChI is InChI=1S/C27H27F5O/c1-2-17-3-5-18(6-4-17)7-8-19-9-12-22-20(15-19)10-13-23(26(22)29)21-11-14-25(24(28)16-21)33-27(30,31)32/h9-18H,2-8H2,1H3/t17-,18-. The fourth-order valence-corrected chi connectivity index (χ4v) is 4.89. The van der Waals surface area contributed by atoms with Crippen LogP contribution in [0.4, 0.5) is 22.0 Å². The van der Waals surface area contributed by atoms with Gasteiger partial charge in [-0.05, 0) is 53.3 Å². The van der Waals surface area contributed by atoms with Crippen LogP contribution < -0.4 is 4.74 Å². The van der Waals surface area contributed by atoms with E-state index in [1.165, 1.54) is 44.2 Å². The minimum atomic E-state index is -5.00. The molecule has 33 heavy (non-hydrogen) atoms. The molecule has 1 saturated carbocycles. The van der Waals surface area contributed by atoms with Crippen LogP contribution in [-0.2, 0) is 6.42 Å². The number of fused-ring (bicyclic) bond motifs is 1. The molecule has 1 aliphatic rings. The Hall–Kier alpha value is -2.63. The van der Waals surface area contributed by atoms with Gasteiger partial charge in [0.25, 0.3) is 0 Å². The number of aryl methyl sites for hydroxylation is 1. The lowest BCUT2D eigenvalue weighted by molar-refractivity contribution is -0.275. The average molecular weight is 463 g/mol. The number of halogens is 5. The smallest absolute Gasteiger partial charge is 0.403 e. The van der Waals surface area contributed by atoms with Crippen molar-refractivity contribution in [2.45, 2.75) is 58.2 Å². The van der Waals surface area contributed by atoms with Gasteiger partial charge < -0.3 is 4.74 Å². The van der Waals surface area contributed by atoms with Crippen molar-refractivity contribution in [3.8, 4) is 16.9 Å². The molecule has 3 aromatic carbocycles. The van der Waals surface area contributed by atoms with Gasteiger partial charge in [0.05, 0.1) is 0 Å². The summed E-state index contributed by atoms with van der Waals surface area (Å²) in [6, 6.07) is 11.9. The summed E-state index contributed by atoms with van der Waals surface area (Å²) in [5, 5.41) is 1.15. The van der Waals surface area contributed by atoms with E-state index >= 15 is 4.39 Å². The zero-order valence-corrected chi connectivity index (χ0v) is 18.5. The highest BCUT2D eigenvalue weighted by Crippen LogP contribution is 2.35. The molecule has 1 aliphatic carbocycles. The molecule has 0 heterocycles. The zero-order valence-electron chi connectivity index (χ0n) is 18.5. The van der Waals surface area contributed by atoms with E-state index in [0.717, 1.165) is 47.8 Å². The van der Waals surface area contributed by atoms with E-state index < -0.39 is 23.7 Å². The summed E-state index contributed by atoms with van der Waals surface area (Å²) in [6.07, 6.45) is 3.56. The molecule has 4 rings (SSSR count). The highest BCUT2D eigenvalue weighted by Gasteiger charge is 2.32. The highest BCUT2D eigenvalue weighted by molar-refractivity contribution is 5.88. The average Bonchev–Trinajstić information content (AvgIpc) is 2.79. The second-order valence-corrected chi connectivity index (χ2v) is 9.01. The van der Waals surface area contributed by atoms with Crippen molar-refractivity contribution in [3.05, 3.63) is 65.7 Å². The van der Waals surface area contributed by atoms with E-state index in [4.69, 9.17) is 0 Å². The van der Waals surface area contributed by atoms with Gasteiger partial charge in [0.15, 0.2) is 11.6 Å². The van der Waals surface area contributed by atoms with Crippen molar-refractivity contribution in [2.75, 3.05) is 0 Å². The Labute approximate surface area is 190 Å². The summed E-state index contributed by atoms with van der Waals surface area (Å²) in [5.74, 6) is -1.04. The Morgan fingerprint density at radius 1 is 0.879 bits per heavy atom. The third-order valence-corrected chi connectivity index (χ3v) is 6.87. The topological polar surface area (TPSA) is 9.23 Å². The molecular formula is C27H27F5O. The molecule has 0 atom stereocenters. The van der Waals surface area contributed by atoms with Crippen molar-refractivity contribution in [2.24, 2.45) is 11.8 Å². The lowest BCUT2D eigenvalue weighted by atomic mass is 9.78. The first-order valence-electron chi connectivity index (χ1n) is 11.5. The predicted octanol–water partition coefficient (Wildman–Crippen LogP) is 8.83. The highest BCUT2D eigenvalue weighted by atomic mass is 19.4. The molecular weight excluding hydrogens is 435 g/mol. The van der Waals surface area contributed by atoms with Crippen LogP contribution in [-0.4, -0.2) is 6.36 Å². The van der Waals surface area contributed by atoms with E-state index in [0.29, 0.717) is 5.39 Å². The third-order valence-electron chi connectivity index (χ3n) is 6.87. The molecule has 0 bridgehead atoms. The Kier molecular flexibility index (Phi) is 6.91. The second-order valence-electron chi connectivity index (χ2n) is 9.01. The number of hydrogen-bond donors (Lipinski definition) is 0. The Morgan fingerprint density at radius 2 is 1.61 bits per heavy atom. The molecule has 0 unspecified atom stereocenters. The van der Waals surface area contributed by atoms with E-state index in [1.54, 1.807) is 12.1 Å². The van der Waals surface area contributed by atoms with Crippen molar-refractivity contribution in [3.63, 3.8) is 0 Å². The van der Waals surface area contributed by atoms with Crippen molar-refractivity contribution >= 4 is 10.8 Å². The van der Waals surface area contributed by atoms with Crippen LogP contribution in [0.3, 0.4) is 0 Å². The summed E-state index contributed by atoms with van der Waals surface area (Å²) < 4.78 is 70.0. The summed E-state index contributed by atoms with van der Waals surface area (Å²) in [4.78, 5) is 0. The maximum atomic E-state index is 15.2. The molecule has 0 N–H and O–H groups in total. The SMILES string of the molecule is CC[C@H]1CC[C@H](CCc2ccc3c(F)c(-c4ccc(OC(F)(F)F)c(F)c4)ccc3c2)CC1. The van der Waals surface area contributed by atoms with Crippen LogP contribution in [0.2, 0.25) is 0 Å². The number of ether oxygens (including phenoxy) is 1. The third kappa shape index (κ3) is 5.66. The fraction of sp³-hybridized carbons (Fsp3) is 0.407. The van der Waals surface area contributed by atoms with Gasteiger partial charge in [-0.2, -0.15) is 0 Å². The summed E-state index contributed by atoms with van der Waals surface area (Å²) in [7, 11) is 0. The van der Waals surface area contributed by atoms with Crippen LogP contribution in [0, 0.1) is 23.5 Å². The summed E-state index contributed by atoms with van der Waals surface area (Å²) in [6.45, 7) is 2.26. The minimum Gasteiger partial charge on any atom is -0.403 e. The van der Waals surface area contributed by atoms with E-state index in [-0.39, 0.29) is 11.1 Å². The van der Waals surface area contributed by atoms with Crippen molar-refractivity contribution in [1.29, 1.82) is 0 Å². The Balaban J connectivity index is 1.50. The van der Waals surface area contributed by atoms with Gasteiger partial charge in [0.1, 0.15) is 5.82 Å². The zero-order chi connectivity index (χ0) is 23.6. The predicted molar refractivity (Wildman–Crippen MR) is 120 cm³/mol. The summed E-state index contributed by atoms with van der Waals surface area (Å²) in [5.41, 5.74) is 1.43. The molecule has 1 fully saturated rings. The van der Waals surface area contributed by atoms with Gasteiger partial charge in [-0.1, -0.05) is 75.4 Å². The van der Waals surface area contributed by atoms with Crippen molar-refractivity contribution in [1.82, 2.24) is 0 Å². The van der Waals surface area contributed by atoms with Gasteiger partial charge in [-0.3, -0.25) is 0 Å². The molecule has 0 amide bonds. The first-order valence-corrected chi connectivity index (χ1v) is 11.5. The molecule has 0 spiro atoms. The fourth-order valence-electron chi connectivity index (χ4n) is 4.89. The lowest BCUT2D eigenvalue weighted by Gasteiger charge is -2.27. The molecule has 0 aliphatic heterocycles. The van der Waals surface area contributed by atoms with Gasteiger partial charge >= 0.3 is 6.36 Å². The number of alkyl halides is 3. The van der Waals surface area contributed by atoms with Crippen LogP contribution in [0.25, 0.3) is 21.9 Å². The molecule has 176 valence electrons. The van der Waals surface area contributed by atoms with Crippen LogP contribution in [0.1, 0.15) is 51.0 Å². The molecule has 0 aromatic heterocycles. The molecule has 1 nitrogen and oxygen atoms in total. The Bertz CT molecular complexity index is 1110. The van der Waals surface area contributed by atoms with Crippen LogP contribution in [0.15, 0.2) is 48.5 Å². The summed E-state index contributed by atoms with van der Waals surface area (Å²) >= 11 is 0. The number of hydrogen-bond acceptors (Lipinski definition) is 1. The van der Waals surface area contributed by atoms with Crippen LogP contribution >= 0.6 is 0 Å². The van der Waals surface area contributed by atoms with Gasteiger partial charge in [-0.25, -0.2) is 8.78 Å². The molecule has 0 radical (unpaired) electrons. The van der Waals surface area contributed by atoms with Gasteiger partial charge in [-0.15, -0.1) is 13.2 Å². The van der Waals surface area contributed by atoms with E-state index in [1.807, 2.05) is 12.1 Å². The quantitative estimate of drug-likeness (QED) is 0.333. The Morgan fingerprint density at radius 3 is 2.27 bits per heavy atom. The molecule has 0 saturated heterocycles. The van der Waals surface area contributed by atoms with Gasteiger partial charge in [0.2, 0.25) is 0 Å². The molecule has 3 aromatic rings. The lowest BCUT2D eigenvalue weighted by Crippen LogP contribution is -2.17. The minimum absolute atomic E-state index is 0.125. The molecule has 6 heteroatoms. The van der Waals surface area contributed by atoms with Crippen LogP contribution in [0.5, 0.6) is 5.75 Å².